The Morgan fingerprint density at radius 1 is 0.960 bits per heavy atom. The summed E-state index contributed by atoms with van der Waals surface area (Å²) in [5.74, 6) is -1.43. The molecule has 0 fully saturated rings. The number of hydrogen-bond acceptors (Lipinski definition) is 4. The Hall–Kier alpha value is -2.36. The first-order valence-electron chi connectivity index (χ1n) is 7.27. The summed E-state index contributed by atoms with van der Waals surface area (Å²) in [6.45, 7) is -0.234. The van der Waals surface area contributed by atoms with Crippen LogP contribution in [0.4, 0.5) is 8.78 Å². The molecular weight excluding hydrogens is 354 g/mol. The van der Waals surface area contributed by atoms with Gasteiger partial charge >= 0.3 is 0 Å². The molecule has 0 spiro atoms. The number of carbonyl (C=O) groups excluding carboxylic acids is 1. The van der Waals surface area contributed by atoms with E-state index in [-0.39, 0.29) is 10.7 Å². The van der Waals surface area contributed by atoms with Gasteiger partial charge in [-0.05, 0) is 48.4 Å². The Labute approximate surface area is 143 Å². The fourth-order valence-electron chi connectivity index (χ4n) is 1.88. The van der Waals surface area contributed by atoms with Gasteiger partial charge in [-0.15, -0.1) is 0 Å². The molecule has 1 amide bonds. The lowest BCUT2D eigenvalue weighted by molar-refractivity contribution is -0.126. The normalized spacial score (nSPS) is 11.3. The van der Waals surface area contributed by atoms with Crippen LogP contribution in [-0.2, 0) is 26.1 Å². The lowest BCUT2D eigenvalue weighted by atomic mass is 10.1. The van der Waals surface area contributed by atoms with Crippen LogP contribution in [0.15, 0.2) is 53.4 Å². The van der Waals surface area contributed by atoms with E-state index in [2.05, 4.69) is 10.2 Å². The van der Waals surface area contributed by atoms with Gasteiger partial charge in [-0.1, -0.05) is 17.0 Å². The molecule has 2 aromatic carbocycles. The molecule has 2 N–H and O–H groups in total. The van der Waals surface area contributed by atoms with Crippen molar-refractivity contribution in [1.29, 1.82) is 0 Å². The van der Waals surface area contributed by atoms with Crippen LogP contribution in [-0.4, -0.2) is 27.5 Å². The summed E-state index contributed by atoms with van der Waals surface area (Å²) in [7, 11) is -3.99. The highest BCUT2D eigenvalue weighted by Gasteiger charge is 2.14. The number of amides is 1. The summed E-state index contributed by atoms with van der Waals surface area (Å²) in [4.78, 5) is 17.8. The Kier molecular flexibility index (Phi) is 6.57. The van der Waals surface area contributed by atoms with E-state index in [0.29, 0.717) is 13.0 Å². The van der Waals surface area contributed by atoms with Crippen LogP contribution < -0.4 is 10.2 Å². The monoisotopic (exact) mass is 370 g/mol. The Bertz CT molecular complexity index is 809. The summed E-state index contributed by atoms with van der Waals surface area (Å²) in [5.41, 5.74) is 0.847. The highest BCUT2D eigenvalue weighted by molar-refractivity contribution is 7.89. The molecular formula is C16H16F2N2O4S. The van der Waals surface area contributed by atoms with E-state index in [1.165, 1.54) is 12.1 Å². The molecule has 134 valence electrons. The van der Waals surface area contributed by atoms with Gasteiger partial charge in [-0.3, -0.25) is 9.63 Å². The summed E-state index contributed by atoms with van der Waals surface area (Å²) >= 11 is 0. The molecule has 0 aliphatic rings. The third-order valence-corrected chi connectivity index (χ3v) is 4.37. The van der Waals surface area contributed by atoms with Crippen molar-refractivity contribution < 1.29 is 26.8 Å². The van der Waals surface area contributed by atoms with Crippen molar-refractivity contribution in [2.45, 2.75) is 11.3 Å². The Morgan fingerprint density at radius 2 is 1.52 bits per heavy atom. The van der Waals surface area contributed by atoms with Crippen LogP contribution >= 0.6 is 0 Å². The fraction of sp³-hybridized carbons (Fsp3) is 0.188. The van der Waals surface area contributed by atoms with E-state index >= 15 is 0 Å². The number of nitrogens with one attached hydrogen (secondary N) is 2. The van der Waals surface area contributed by atoms with Crippen LogP contribution in [0.1, 0.15) is 5.56 Å². The first kappa shape index (κ1) is 19.0. The average molecular weight is 370 g/mol. The molecule has 0 aliphatic heterocycles. The van der Waals surface area contributed by atoms with Crippen molar-refractivity contribution >= 4 is 15.9 Å². The van der Waals surface area contributed by atoms with Gasteiger partial charge in [-0.2, -0.15) is 0 Å². The van der Waals surface area contributed by atoms with Crippen molar-refractivity contribution in [3.63, 3.8) is 0 Å². The zero-order valence-corrected chi connectivity index (χ0v) is 13.9. The van der Waals surface area contributed by atoms with Crippen LogP contribution in [0.2, 0.25) is 0 Å². The maximum Gasteiger partial charge on any atom is 0.262 e. The average Bonchev–Trinajstić information content (AvgIpc) is 2.57. The quantitative estimate of drug-likeness (QED) is 0.691. The number of rotatable bonds is 8. The number of hydrogen-bond donors (Lipinski definition) is 2. The van der Waals surface area contributed by atoms with Crippen LogP contribution in [0.3, 0.4) is 0 Å². The molecule has 2 aromatic rings. The number of sulfonamides is 1. The first-order chi connectivity index (χ1) is 11.9. The lowest BCUT2D eigenvalue weighted by Gasteiger charge is -2.08. The minimum Gasteiger partial charge on any atom is -0.354 e. The minimum absolute atomic E-state index is 0.189. The molecule has 6 nitrogen and oxygen atoms in total. The molecule has 2 rings (SSSR count). The molecule has 0 radical (unpaired) electrons. The van der Waals surface area contributed by atoms with E-state index in [4.69, 9.17) is 0 Å². The maximum absolute atomic E-state index is 12.8. The Morgan fingerprint density at radius 3 is 2.12 bits per heavy atom. The highest BCUT2D eigenvalue weighted by Crippen LogP contribution is 2.09. The molecule has 9 heteroatoms. The smallest absolute Gasteiger partial charge is 0.262 e. The SMILES string of the molecule is O=C(CONS(=O)(=O)c1ccc(F)cc1)NCCc1ccc(F)cc1. The number of halogens is 2. The molecule has 0 saturated heterocycles. The van der Waals surface area contributed by atoms with E-state index in [1.807, 2.05) is 0 Å². The van der Waals surface area contributed by atoms with E-state index in [0.717, 1.165) is 29.8 Å². The van der Waals surface area contributed by atoms with Gasteiger partial charge in [-0.25, -0.2) is 17.2 Å². The molecule has 0 aromatic heterocycles. The largest absolute Gasteiger partial charge is 0.354 e. The van der Waals surface area contributed by atoms with Crippen molar-refractivity contribution in [1.82, 2.24) is 10.2 Å². The fourth-order valence-corrected chi connectivity index (χ4v) is 2.69. The van der Waals surface area contributed by atoms with E-state index in [1.54, 1.807) is 17.0 Å². The molecule has 0 saturated carbocycles. The zero-order chi connectivity index (χ0) is 18.3. The summed E-state index contributed by atoms with van der Waals surface area (Å²) in [6.07, 6.45) is 0.493. The van der Waals surface area contributed by atoms with Gasteiger partial charge in [0.25, 0.3) is 10.0 Å². The minimum atomic E-state index is -3.99. The second kappa shape index (κ2) is 8.65. The van der Waals surface area contributed by atoms with Gasteiger partial charge in [0.05, 0.1) is 4.90 Å². The number of carbonyl (C=O) groups is 1. The molecule has 25 heavy (non-hydrogen) atoms. The van der Waals surface area contributed by atoms with Crippen molar-refractivity contribution in [3.05, 3.63) is 65.7 Å². The Balaban J connectivity index is 1.71. The van der Waals surface area contributed by atoms with Crippen molar-refractivity contribution in [3.8, 4) is 0 Å². The molecule has 0 unspecified atom stereocenters. The van der Waals surface area contributed by atoms with Gasteiger partial charge in [0.1, 0.15) is 18.2 Å². The van der Waals surface area contributed by atoms with Gasteiger partial charge in [0.15, 0.2) is 0 Å². The molecule has 0 heterocycles. The predicted octanol–water partition coefficient (Wildman–Crippen LogP) is 1.53. The maximum atomic E-state index is 12.8. The highest BCUT2D eigenvalue weighted by atomic mass is 32.2. The van der Waals surface area contributed by atoms with Gasteiger partial charge in [0.2, 0.25) is 5.91 Å². The third-order valence-electron chi connectivity index (χ3n) is 3.14. The standard InChI is InChI=1S/C16H16F2N2O4S/c17-13-3-1-12(2-4-13)9-10-19-16(21)11-24-20-25(22,23)15-7-5-14(18)6-8-15/h1-8,20H,9-11H2,(H,19,21). The molecule has 0 bridgehead atoms. The third kappa shape index (κ3) is 6.22. The van der Waals surface area contributed by atoms with Crippen LogP contribution in [0.25, 0.3) is 0 Å². The summed E-state index contributed by atoms with van der Waals surface area (Å²) in [5, 5.41) is 2.54. The second-order valence-electron chi connectivity index (χ2n) is 5.06. The second-order valence-corrected chi connectivity index (χ2v) is 6.70. The van der Waals surface area contributed by atoms with Gasteiger partial charge < -0.3 is 5.32 Å². The predicted molar refractivity (Wildman–Crippen MR) is 85.8 cm³/mol. The van der Waals surface area contributed by atoms with Crippen LogP contribution in [0, 0.1) is 11.6 Å². The first-order valence-corrected chi connectivity index (χ1v) is 8.75. The molecule has 0 atom stereocenters. The summed E-state index contributed by atoms with van der Waals surface area (Å²) < 4.78 is 49.2. The summed E-state index contributed by atoms with van der Waals surface area (Å²) in [6, 6.07) is 10.00. The lowest BCUT2D eigenvalue weighted by Crippen LogP contribution is -2.33. The van der Waals surface area contributed by atoms with Crippen molar-refractivity contribution in [2.75, 3.05) is 13.2 Å². The topological polar surface area (TPSA) is 84.5 Å². The number of benzene rings is 2. The van der Waals surface area contributed by atoms with Gasteiger partial charge in [0, 0.05) is 6.54 Å². The van der Waals surface area contributed by atoms with E-state index in [9.17, 15) is 22.0 Å². The van der Waals surface area contributed by atoms with Crippen molar-refractivity contribution in [2.24, 2.45) is 0 Å². The molecule has 0 aliphatic carbocycles. The van der Waals surface area contributed by atoms with E-state index < -0.39 is 28.4 Å². The zero-order valence-electron chi connectivity index (χ0n) is 13.0. The van der Waals surface area contributed by atoms with Crippen LogP contribution in [0.5, 0.6) is 0 Å².